The van der Waals surface area contributed by atoms with E-state index >= 15 is 0 Å². The Balaban J connectivity index is 1.63. The zero-order valence-electron chi connectivity index (χ0n) is 12.6. The Hall–Kier alpha value is -1.06. The molecule has 1 spiro atoms. The van der Waals surface area contributed by atoms with Crippen molar-refractivity contribution in [3.05, 3.63) is 35.8 Å². The molecule has 0 aromatic carbocycles. The van der Waals surface area contributed by atoms with Crippen molar-refractivity contribution in [2.24, 2.45) is 5.41 Å². The van der Waals surface area contributed by atoms with Crippen molar-refractivity contribution in [3.63, 3.8) is 0 Å². The Morgan fingerprint density at radius 3 is 3.33 bits per heavy atom. The maximum atomic E-state index is 6.00. The first-order chi connectivity index (χ1) is 10.4. The van der Waals surface area contributed by atoms with Gasteiger partial charge in [0.05, 0.1) is 12.3 Å². The molecule has 21 heavy (non-hydrogen) atoms. The van der Waals surface area contributed by atoms with Crippen LogP contribution in [0.4, 0.5) is 0 Å². The van der Waals surface area contributed by atoms with Crippen LogP contribution < -0.4 is 5.32 Å². The van der Waals surface area contributed by atoms with Gasteiger partial charge in [-0.15, -0.1) is 0 Å². The van der Waals surface area contributed by atoms with Crippen LogP contribution in [0, 0.1) is 5.41 Å². The molecule has 1 N–H and O–H groups in total. The van der Waals surface area contributed by atoms with Gasteiger partial charge in [-0.05, 0) is 62.7 Å². The maximum Gasteiger partial charge on any atom is 0.125 e. The molecule has 2 saturated heterocycles. The molecule has 2 fully saturated rings. The Bertz CT molecular complexity index is 578. The highest BCUT2D eigenvalue weighted by Crippen LogP contribution is 2.65. The maximum absolute atomic E-state index is 6.00. The summed E-state index contributed by atoms with van der Waals surface area (Å²) in [5.74, 6) is 2.00. The van der Waals surface area contributed by atoms with Crippen molar-refractivity contribution in [2.75, 3.05) is 19.6 Å². The number of allylic oxidation sites excluding steroid dienone is 1. The van der Waals surface area contributed by atoms with E-state index in [-0.39, 0.29) is 0 Å². The molecule has 1 aliphatic carbocycles. The molecule has 1 aromatic rings. The fraction of sp³-hybridized carbons (Fsp3) is 0.667. The van der Waals surface area contributed by atoms with Crippen LogP contribution in [0.1, 0.15) is 55.4 Å². The molecule has 4 heterocycles. The summed E-state index contributed by atoms with van der Waals surface area (Å²) in [4.78, 5) is 2.75. The minimum absolute atomic E-state index is 0.382. The molecule has 1 aromatic heterocycles. The van der Waals surface area contributed by atoms with Gasteiger partial charge in [0.2, 0.25) is 0 Å². The van der Waals surface area contributed by atoms with Crippen LogP contribution >= 0.6 is 0 Å². The Labute approximate surface area is 126 Å². The molecule has 4 atom stereocenters. The van der Waals surface area contributed by atoms with Crippen molar-refractivity contribution in [3.8, 4) is 0 Å². The summed E-state index contributed by atoms with van der Waals surface area (Å²) in [6.45, 7) is 3.55. The average Bonchev–Trinajstić information content (AvgIpc) is 3.09. The lowest BCUT2D eigenvalue weighted by Gasteiger charge is -2.40. The molecule has 0 radical (unpaired) electrons. The highest BCUT2D eigenvalue weighted by atomic mass is 16.3. The van der Waals surface area contributed by atoms with Gasteiger partial charge in [0.15, 0.2) is 0 Å². The SMILES string of the molecule is C1=C\[C@H]2C[C@]34CNCC[C@H]3c3ccoc3[C@@H]4N2CCCC/1. The minimum atomic E-state index is 0.382. The van der Waals surface area contributed by atoms with Crippen LogP contribution in [0.3, 0.4) is 0 Å². The Kier molecular flexibility index (Phi) is 2.65. The summed E-state index contributed by atoms with van der Waals surface area (Å²) < 4.78 is 6.00. The zero-order chi connectivity index (χ0) is 13.9. The van der Waals surface area contributed by atoms with E-state index in [0.717, 1.165) is 13.1 Å². The molecule has 5 rings (SSSR count). The second-order valence-corrected chi connectivity index (χ2v) is 7.33. The van der Waals surface area contributed by atoms with Gasteiger partial charge in [0, 0.05) is 18.0 Å². The zero-order valence-corrected chi connectivity index (χ0v) is 12.6. The third-order valence-corrected chi connectivity index (χ3v) is 6.40. The van der Waals surface area contributed by atoms with Gasteiger partial charge >= 0.3 is 0 Å². The molecule has 0 unspecified atom stereocenters. The molecule has 3 heteroatoms. The van der Waals surface area contributed by atoms with Crippen LogP contribution in [-0.2, 0) is 0 Å². The Morgan fingerprint density at radius 2 is 2.33 bits per heavy atom. The molecule has 3 nitrogen and oxygen atoms in total. The van der Waals surface area contributed by atoms with Gasteiger partial charge in [-0.3, -0.25) is 4.90 Å². The predicted octanol–water partition coefficient (Wildman–Crippen LogP) is 3.21. The van der Waals surface area contributed by atoms with E-state index < -0.39 is 0 Å². The lowest BCUT2D eigenvalue weighted by molar-refractivity contribution is 0.101. The van der Waals surface area contributed by atoms with E-state index in [1.54, 1.807) is 0 Å². The largest absolute Gasteiger partial charge is 0.467 e. The minimum Gasteiger partial charge on any atom is -0.467 e. The summed E-state index contributed by atoms with van der Waals surface area (Å²) in [7, 11) is 0. The summed E-state index contributed by atoms with van der Waals surface area (Å²) in [5, 5.41) is 3.69. The van der Waals surface area contributed by atoms with E-state index in [0.29, 0.717) is 23.4 Å². The van der Waals surface area contributed by atoms with Gasteiger partial charge in [0.1, 0.15) is 5.76 Å². The fourth-order valence-electron chi connectivity index (χ4n) is 5.62. The van der Waals surface area contributed by atoms with E-state index in [2.05, 4.69) is 28.4 Å². The van der Waals surface area contributed by atoms with Crippen molar-refractivity contribution in [1.29, 1.82) is 0 Å². The van der Waals surface area contributed by atoms with Crippen molar-refractivity contribution in [2.45, 2.75) is 50.1 Å². The van der Waals surface area contributed by atoms with Gasteiger partial charge in [-0.25, -0.2) is 0 Å². The highest BCUT2D eigenvalue weighted by Gasteiger charge is 2.62. The van der Waals surface area contributed by atoms with Gasteiger partial charge in [0.25, 0.3) is 0 Å². The smallest absolute Gasteiger partial charge is 0.125 e. The van der Waals surface area contributed by atoms with Crippen LogP contribution in [0.15, 0.2) is 28.9 Å². The monoisotopic (exact) mass is 284 g/mol. The first-order valence-electron chi connectivity index (χ1n) is 8.60. The molecule has 0 bridgehead atoms. The third-order valence-electron chi connectivity index (χ3n) is 6.40. The van der Waals surface area contributed by atoms with E-state index in [9.17, 15) is 0 Å². The van der Waals surface area contributed by atoms with Crippen LogP contribution in [0.2, 0.25) is 0 Å². The molecule has 0 saturated carbocycles. The summed E-state index contributed by atoms with van der Waals surface area (Å²) in [5.41, 5.74) is 1.90. The number of fused-ring (bicyclic) bond motifs is 5. The third kappa shape index (κ3) is 1.56. The summed E-state index contributed by atoms with van der Waals surface area (Å²) in [6.07, 6.45) is 13.3. The lowest BCUT2D eigenvalue weighted by Crippen LogP contribution is -2.45. The summed E-state index contributed by atoms with van der Waals surface area (Å²) >= 11 is 0. The number of rotatable bonds is 0. The van der Waals surface area contributed by atoms with Gasteiger partial charge in [-0.1, -0.05) is 12.2 Å². The highest BCUT2D eigenvalue weighted by molar-refractivity contribution is 5.40. The molecular weight excluding hydrogens is 260 g/mol. The molecule has 4 aliphatic rings. The quantitative estimate of drug-likeness (QED) is 0.742. The summed E-state index contributed by atoms with van der Waals surface area (Å²) in [6, 6.07) is 3.38. The van der Waals surface area contributed by atoms with E-state index in [1.807, 2.05) is 6.26 Å². The molecule has 112 valence electrons. The van der Waals surface area contributed by atoms with E-state index in [4.69, 9.17) is 4.42 Å². The predicted molar refractivity (Wildman–Crippen MR) is 82.2 cm³/mol. The van der Waals surface area contributed by atoms with Crippen LogP contribution in [-0.4, -0.2) is 30.6 Å². The number of furan rings is 1. The first-order valence-corrected chi connectivity index (χ1v) is 8.60. The first kappa shape index (κ1) is 12.5. The van der Waals surface area contributed by atoms with Gasteiger partial charge in [-0.2, -0.15) is 0 Å². The Morgan fingerprint density at radius 1 is 1.33 bits per heavy atom. The normalized spacial score (nSPS) is 43.3. The lowest BCUT2D eigenvalue weighted by atomic mass is 9.69. The van der Waals surface area contributed by atoms with Crippen molar-refractivity contribution < 1.29 is 4.42 Å². The fourth-order valence-corrected chi connectivity index (χ4v) is 5.62. The number of piperidine rings is 1. The molecule has 0 amide bonds. The standard InChI is InChI=1S/C18H24N2O/c1-2-4-9-20-13(5-3-1)11-18-12-19-8-6-15(18)14-7-10-21-16(14)17(18)20/h3,5,7,10,13,15,17,19H,1-2,4,6,8-9,11-12H2/b5-3-/t13-,15-,17-,18-/m0/s1. The van der Waals surface area contributed by atoms with Crippen molar-refractivity contribution >= 4 is 0 Å². The van der Waals surface area contributed by atoms with Crippen LogP contribution in [0.25, 0.3) is 0 Å². The number of hydrogen-bond donors (Lipinski definition) is 1. The second-order valence-electron chi connectivity index (χ2n) is 7.33. The van der Waals surface area contributed by atoms with Crippen molar-refractivity contribution in [1.82, 2.24) is 10.2 Å². The van der Waals surface area contributed by atoms with Gasteiger partial charge < -0.3 is 9.73 Å². The van der Waals surface area contributed by atoms with Crippen LogP contribution in [0.5, 0.6) is 0 Å². The number of hydrogen-bond acceptors (Lipinski definition) is 3. The molecular formula is C18H24N2O. The second kappa shape index (κ2) is 4.47. The average molecular weight is 284 g/mol. The van der Waals surface area contributed by atoms with E-state index in [1.165, 1.54) is 50.0 Å². The number of nitrogens with one attached hydrogen (secondary N) is 1. The number of nitrogens with zero attached hydrogens (tertiary/aromatic N) is 1. The topological polar surface area (TPSA) is 28.4 Å². The molecule has 3 aliphatic heterocycles.